The summed E-state index contributed by atoms with van der Waals surface area (Å²) < 4.78 is 5.90. The van der Waals surface area contributed by atoms with Crippen LogP contribution in [0.2, 0.25) is 0 Å². The molecule has 0 saturated heterocycles. The van der Waals surface area contributed by atoms with Gasteiger partial charge in [0, 0.05) is 59.0 Å². The normalized spacial score (nSPS) is 10.8. The van der Waals surface area contributed by atoms with Gasteiger partial charge in [0.1, 0.15) is 0 Å². The van der Waals surface area contributed by atoms with Crippen LogP contribution in [0.1, 0.15) is 5.56 Å². The molecule has 0 aliphatic carbocycles. The van der Waals surface area contributed by atoms with E-state index >= 15 is 0 Å². The van der Waals surface area contributed by atoms with Gasteiger partial charge in [-0.2, -0.15) is 12.1 Å². The number of rotatable bonds is 2. The van der Waals surface area contributed by atoms with E-state index in [1.54, 1.807) is 6.20 Å². The fraction of sp³-hybridized carbons (Fsp3) is 0.0303. The Morgan fingerprint density at radius 2 is 1.37 bits per heavy atom. The first-order valence-corrected chi connectivity index (χ1v) is 11.7. The zero-order valence-electron chi connectivity index (χ0n) is 20.3. The number of fused-ring (bicyclic) bond motifs is 4. The van der Waals surface area contributed by atoms with Crippen LogP contribution in [0.5, 0.6) is 5.75 Å². The van der Waals surface area contributed by atoms with Crippen molar-refractivity contribution in [3.8, 4) is 39.4 Å². The molecule has 0 unspecified atom stereocenters. The third-order valence-electron chi connectivity index (χ3n) is 6.01. The largest absolute Gasteiger partial charge is 0.572 e. The SMILES string of the molecule is [Ir].[Y].[c-]1ccccc1-c1[c-]cnc2c1OCc1ccc[c-]c1-2.[c-]1ccccc1-c1nccc2ccccc12. The second-order valence-corrected chi connectivity index (χ2v) is 8.25. The molecule has 0 spiro atoms. The second kappa shape index (κ2) is 13.2. The van der Waals surface area contributed by atoms with Crippen LogP contribution in [0.4, 0.5) is 0 Å². The molecule has 2 radical (unpaired) electrons. The van der Waals surface area contributed by atoms with Crippen LogP contribution >= 0.6 is 0 Å². The molecule has 3 nitrogen and oxygen atoms in total. The van der Waals surface area contributed by atoms with E-state index in [2.05, 4.69) is 46.4 Å². The molecule has 1 aliphatic rings. The average Bonchev–Trinajstić information content (AvgIpc) is 2.98. The molecule has 1 aliphatic heterocycles. The number of hydrogen-bond donors (Lipinski definition) is 0. The van der Waals surface area contributed by atoms with E-state index in [9.17, 15) is 0 Å². The van der Waals surface area contributed by atoms with Gasteiger partial charge in [-0.1, -0.05) is 36.0 Å². The van der Waals surface area contributed by atoms with E-state index in [1.165, 1.54) is 10.8 Å². The summed E-state index contributed by atoms with van der Waals surface area (Å²) in [5.74, 6) is 0.768. The molecular weight excluding hydrogens is 721 g/mol. The van der Waals surface area contributed by atoms with E-state index < -0.39 is 0 Å². The standard InChI is InChI=1S/C18H10NO.C15H10N.Ir.Y/c1-2-6-13(7-3-1)16-10-11-19-17-15-9-5-4-8-14(15)12-20-18(16)17;1-2-7-13(8-3-1)15-14-9-5-4-6-12(14)10-11-16-15;;/h1-6,8,11H,12H2;1-7,9-11H;;/q-3;-1;;. The molecule has 38 heavy (non-hydrogen) atoms. The molecule has 5 heteroatoms. The summed E-state index contributed by atoms with van der Waals surface area (Å²) in [4.78, 5) is 8.87. The van der Waals surface area contributed by atoms with Crippen LogP contribution in [0.25, 0.3) is 44.4 Å². The Labute approximate surface area is 261 Å². The first kappa shape index (κ1) is 28.0. The Balaban J connectivity index is 0.000000172. The van der Waals surface area contributed by atoms with Gasteiger partial charge in [-0.15, -0.1) is 71.8 Å². The number of ether oxygens (including phenoxy) is 1. The summed E-state index contributed by atoms with van der Waals surface area (Å²) in [5, 5.41) is 2.39. The maximum atomic E-state index is 5.90. The molecule has 0 fully saturated rings. The van der Waals surface area contributed by atoms with Gasteiger partial charge in [0.2, 0.25) is 0 Å². The molecule has 4 aromatic carbocycles. The van der Waals surface area contributed by atoms with Gasteiger partial charge in [0.15, 0.2) is 0 Å². The maximum Gasteiger partial charge on any atom is 0.0614 e. The summed E-state index contributed by atoms with van der Waals surface area (Å²) >= 11 is 0. The molecular formula is C33H20IrN2OY-4. The predicted octanol–water partition coefficient (Wildman–Crippen LogP) is 7.41. The number of hydrogen-bond acceptors (Lipinski definition) is 3. The van der Waals surface area contributed by atoms with Gasteiger partial charge in [-0.3, -0.25) is 5.56 Å². The summed E-state index contributed by atoms with van der Waals surface area (Å²) in [6.07, 6.45) is 3.53. The fourth-order valence-corrected chi connectivity index (χ4v) is 4.31. The average molecular weight is 742 g/mol. The van der Waals surface area contributed by atoms with Crippen molar-refractivity contribution in [2.75, 3.05) is 0 Å². The van der Waals surface area contributed by atoms with Gasteiger partial charge in [-0.25, -0.2) is 23.8 Å². The van der Waals surface area contributed by atoms with Crippen LogP contribution in [0.15, 0.2) is 109 Å². The summed E-state index contributed by atoms with van der Waals surface area (Å²) in [7, 11) is 0. The Morgan fingerprint density at radius 1 is 0.632 bits per heavy atom. The quantitative estimate of drug-likeness (QED) is 0.174. The van der Waals surface area contributed by atoms with Gasteiger partial charge in [0.05, 0.1) is 6.61 Å². The van der Waals surface area contributed by atoms with Crippen molar-refractivity contribution in [1.82, 2.24) is 9.97 Å². The van der Waals surface area contributed by atoms with Gasteiger partial charge < -0.3 is 14.7 Å². The number of aromatic nitrogens is 2. The molecule has 0 saturated carbocycles. The minimum absolute atomic E-state index is 0. The van der Waals surface area contributed by atoms with Crippen LogP contribution in [0, 0.1) is 24.3 Å². The maximum absolute atomic E-state index is 5.90. The molecule has 0 amide bonds. The monoisotopic (exact) mass is 742 g/mol. The molecule has 7 rings (SSSR count). The topological polar surface area (TPSA) is 35.0 Å². The smallest absolute Gasteiger partial charge is 0.0614 e. The van der Waals surface area contributed by atoms with Crippen molar-refractivity contribution >= 4 is 10.8 Å². The van der Waals surface area contributed by atoms with Crippen molar-refractivity contribution in [1.29, 1.82) is 0 Å². The van der Waals surface area contributed by atoms with Crippen molar-refractivity contribution in [2.45, 2.75) is 6.61 Å². The first-order chi connectivity index (χ1) is 17.9. The minimum Gasteiger partial charge on any atom is -0.572 e. The number of nitrogens with zero attached hydrogens (tertiary/aromatic N) is 2. The van der Waals surface area contributed by atoms with Crippen molar-refractivity contribution < 1.29 is 57.6 Å². The minimum atomic E-state index is 0. The van der Waals surface area contributed by atoms with E-state index in [0.29, 0.717) is 6.61 Å². The zero-order chi connectivity index (χ0) is 24.2. The Bertz CT molecular complexity index is 1620. The van der Waals surface area contributed by atoms with E-state index in [4.69, 9.17) is 4.74 Å². The Hall–Kier alpha value is -3.01. The second-order valence-electron chi connectivity index (χ2n) is 8.25. The third kappa shape index (κ3) is 5.85. The number of benzene rings is 4. The fourth-order valence-electron chi connectivity index (χ4n) is 4.31. The molecule has 184 valence electrons. The first-order valence-electron chi connectivity index (χ1n) is 11.7. The summed E-state index contributed by atoms with van der Waals surface area (Å²) in [6.45, 7) is 0.541. The number of pyridine rings is 2. The van der Waals surface area contributed by atoms with Crippen molar-refractivity contribution in [2.24, 2.45) is 0 Å². The molecule has 0 bridgehead atoms. The van der Waals surface area contributed by atoms with Crippen molar-refractivity contribution in [3.05, 3.63) is 139 Å². The molecule has 0 N–H and O–H groups in total. The van der Waals surface area contributed by atoms with Crippen LogP contribution in [-0.2, 0) is 59.4 Å². The third-order valence-corrected chi connectivity index (χ3v) is 6.01. The van der Waals surface area contributed by atoms with Crippen LogP contribution < -0.4 is 4.74 Å². The van der Waals surface area contributed by atoms with Crippen LogP contribution in [0.3, 0.4) is 0 Å². The molecule has 3 heterocycles. The summed E-state index contributed by atoms with van der Waals surface area (Å²) in [6, 6.07) is 44.8. The Kier molecular flexibility index (Phi) is 9.71. The molecule has 0 atom stereocenters. The predicted molar refractivity (Wildman–Crippen MR) is 142 cm³/mol. The van der Waals surface area contributed by atoms with Gasteiger partial charge >= 0.3 is 0 Å². The van der Waals surface area contributed by atoms with Crippen molar-refractivity contribution in [3.63, 3.8) is 0 Å². The van der Waals surface area contributed by atoms with E-state index in [0.717, 1.165) is 45.0 Å². The van der Waals surface area contributed by atoms with Crippen LogP contribution in [-0.4, -0.2) is 9.97 Å². The molecule has 6 aromatic rings. The van der Waals surface area contributed by atoms with Gasteiger partial charge in [0.25, 0.3) is 0 Å². The Morgan fingerprint density at radius 3 is 2.16 bits per heavy atom. The molecule has 2 aromatic heterocycles. The zero-order valence-corrected chi connectivity index (χ0v) is 25.5. The summed E-state index contributed by atoms with van der Waals surface area (Å²) in [5.41, 5.74) is 6.86. The van der Waals surface area contributed by atoms with E-state index in [-0.39, 0.29) is 52.8 Å². The van der Waals surface area contributed by atoms with E-state index in [1.807, 2.05) is 91.1 Å². The van der Waals surface area contributed by atoms with Gasteiger partial charge in [-0.05, 0) is 34.0 Å².